The minimum absolute atomic E-state index is 0.0449. The van der Waals surface area contributed by atoms with Crippen LogP contribution in [0, 0.1) is 6.92 Å². The summed E-state index contributed by atoms with van der Waals surface area (Å²) in [4.78, 5) is 26.6. The van der Waals surface area contributed by atoms with Crippen molar-refractivity contribution in [2.24, 2.45) is 0 Å². The van der Waals surface area contributed by atoms with E-state index in [4.69, 9.17) is 9.47 Å². The molecule has 30 heavy (non-hydrogen) atoms. The largest absolute Gasteiger partial charge is 0.459 e. The zero-order valence-electron chi connectivity index (χ0n) is 17.3. The van der Waals surface area contributed by atoms with Crippen molar-refractivity contribution >= 4 is 22.4 Å². The highest BCUT2D eigenvalue weighted by molar-refractivity contribution is 6.14. The third-order valence-corrected chi connectivity index (χ3v) is 5.17. The van der Waals surface area contributed by atoms with Crippen molar-refractivity contribution in [2.45, 2.75) is 33.6 Å². The fraction of sp³-hybridized carbons (Fsp3) is 0.250. The number of nitrogens with one attached hydrogen (secondary N) is 1. The molecule has 0 amide bonds. The number of rotatable bonds is 5. The number of hydrogen-bond donors (Lipinski definition) is 1. The molecule has 1 unspecified atom stereocenters. The first-order valence-electron chi connectivity index (χ1n) is 10.1. The molecule has 0 radical (unpaired) electrons. The van der Waals surface area contributed by atoms with E-state index in [1.54, 1.807) is 10.8 Å². The fourth-order valence-electron chi connectivity index (χ4n) is 3.66. The number of Topliss-reactive ketones (excluding diaryl/α,β-unsaturated/α-hetero) is 1. The molecule has 1 aromatic heterocycles. The van der Waals surface area contributed by atoms with Gasteiger partial charge in [0.25, 0.3) is 5.56 Å². The van der Waals surface area contributed by atoms with Crippen LogP contribution in [0.3, 0.4) is 0 Å². The van der Waals surface area contributed by atoms with Gasteiger partial charge in [-0.05, 0) is 45.0 Å². The maximum Gasteiger partial charge on any atom is 0.266 e. The predicted octanol–water partition coefficient (Wildman–Crippen LogP) is 4.26. The van der Waals surface area contributed by atoms with Gasteiger partial charge >= 0.3 is 0 Å². The summed E-state index contributed by atoms with van der Waals surface area (Å²) >= 11 is 0. The van der Waals surface area contributed by atoms with E-state index in [1.807, 2.05) is 69.3 Å². The summed E-state index contributed by atoms with van der Waals surface area (Å²) in [6.07, 6.45) is 0.675. The molecule has 0 aliphatic carbocycles. The molecule has 0 spiro atoms. The lowest BCUT2D eigenvalue weighted by molar-refractivity contribution is -0.0502. The number of fused-ring (bicyclic) bond motifs is 3. The molecule has 3 aromatic rings. The highest BCUT2D eigenvalue weighted by Crippen LogP contribution is 2.35. The van der Waals surface area contributed by atoms with Crippen LogP contribution in [-0.2, 0) is 11.3 Å². The second-order valence-corrected chi connectivity index (χ2v) is 7.11. The molecule has 4 rings (SSSR count). The Balaban J connectivity index is 1.85. The van der Waals surface area contributed by atoms with Gasteiger partial charge in [-0.15, -0.1) is 0 Å². The molecule has 154 valence electrons. The number of nitrogens with zero attached hydrogens (tertiary/aromatic N) is 1. The molecule has 0 fully saturated rings. The first kappa shape index (κ1) is 19.9. The number of pyridine rings is 1. The lowest BCUT2D eigenvalue weighted by atomic mass is 9.98. The van der Waals surface area contributed by atoms with Gasteiger partial charge in [-0.1, -0.05) is 29.8 Å². The maximum atomic E-state index is 13.4. The number of ketones is 1. The van der Waals surface area contributed by atoms with Crippen molar-refractivity contribution in [1.29, 1.82) is 0 Å². The van der Waals surface area contributed by atoms with Crippen molar-refractivity contribution in [3.05, 3.63) is 81.8 Å². The standard InChI is InChI=1S/C24H24N2O4/c1-4-26-19-9-7-6-8-17(19)22-20(23(26)28)21(27)18(24(30-22)29-5-2)14-25-16-12-10-15(3)11-13-16/h6-14,24-25H,4-5H2,1-3H3/b18-14+. The van der Waals surface area contributed by atoms with Crippen LogP contribution in [0.2, 0.25) is 0 Å². The van der Waals surface area contributed by atoms with Crippen LogP contribution in [0.25, 0.3) is 10.9 Å². The number of aryl methyl sites for hydroxylation is 2. The van der Waals surface area contributed by atoms with Crippen LogP contribution in [-0.4, -0.2) is 23.2 Å². The average Bonchev–Trinajstić information content (AvgIpc) is 2.75. The third-order valence-electron chi connectivity index (χ3n) is 5.17. The highest BCUT2D eigenvalue weighted by Gasteiger charge is 2.37. The number of ether oxygens (including phenoxy) is 2. The minimum atomic E-state index is -0.895. The van der Waals surface area contributed by atoms with Gasteiger partial charge in [-0.25, -0.2) is 0 Å². The van der Waals surface area contributed by atoms with E-state index in [0.717, 1.165) is 22.2 Å². The Kier molecular flexibility index (Phi) is 5.42. The fourth-order valence-corrected chi connectivity index (χ4v) is 3.66. The normalized spacial score (nSPS) is 17.1. The quantitative estimate of drug-likeness (QED) is 0.644. The van der Waals surface area contributed by atoms with Gasteiger partial charge < -0.3 is 19.4 Å². The van der Waals surface area contributed by atoms with Crippen LogP contribution >= 0.6 is 0 Å². The molecule has 6 nitrogen and oxygen atoms in total. The number of para-hydroxylation sites is 1. The lowest BCUT2D eigenvalue weighted by Gasteiger charge is -2.28. The van der Waals surface area contributed by atoms with E-state index in [-0.39, 0.29) is 28.2 Å². The Bertz CT molecular complexity index is 1190. The van der Waals surface area contributed by atoms with Gasteiger partial charge in [-0.3, -0.25) is 9.59 Å². The van der Waals surface area contributed by atoms with Gasteiger partial charge in [0, 0.05) is 30.4 Å². The van der Waals surface area contributed by atoms with E-state index in [0.29, 0.717) is 13.2 Å². The Morgan fingerprint density at radius 2 is 1.83 bits per heavy atom. The topological polar surface area (TPSA) is 69.6 Å². The number of benzene rings is 2. The van der Waals surface area contributed by atoms with Crippen molar-refractivity contribution in [1.82, 2.24) is 4.57 Å². The van der Waals surface area contributed by atoms with Gasteiger partial charge in [0.1, 0.15) is 11.3 Å². The van der Waals surface area contributed by atoms with Gasteiger partial charge in [-0.2, -0.15) is 0 Å². The number of carbonyl (C=O) groups is 1. The molecule has 2 aromatic carbocycles. The number of hydrogen-bond acceptors (Lipinski definition) is 5. The monoisotopic (exact) mass is 404 g/mol. The molecule has 1 aliphatic rings. The highest BCUT2D eigenvalue weighted by atomic mass is 16.7. The van der Waals surface area contributed by atoms with E-state index < -0.39 is 6.29 Å². The summed E-state index contributed by atoms with van der Waals surface area (Å²) in [5, 5.41) is 3.84. The first-order chi connectivity index (χ1) is 14.5. The van der Waals surface area contributed by atoms with Crippen LogP contribution < -0.4 is 15.6 Å². The Hall–Kier alpha value is -3.38. The Morgan fingerprint density at radius 1 is 1.10 bits per heavy atom. The summed E-state index contributed by atoms with van der Waals surface area (Å²) in [6.45, 7) is 6.54. The second-order valence-electron chi connectivity index (χ2n) is 7.11. The number of anilines is 1. The van der Waals surface area contributed by atoms with E-state index in [1.165, 1.54) is 0 Å². The second kappa shape index (κ2) is 8.16. The molecular formula is C24H24N2O4. The smallest absolute Gasteiger partial charge is 0.266 e. The van der Waals surface area contributed by atoms with E-state index in [2.05, 4.69) is 5.32 Å². The van der Waals surface area contributed by atoms with Crippen molar-refractivity contribution in [3.63, 3.8) is 0 Å². The van der Waals surface area contributed by atoms with Crippen molar-refractivity contribution in [3.8, 4) is 5.75 Å². The lowest BCUT2D eigenvalue weighted by Crippen LogP contribution is -2.38. The van der Waals surface area contributed by atoms with Crippen LogP contribution in [0.5, 0.6) is 5.75 Å². The molecule has 0 bridgehead atoms. The molecule has 0 saturated heterocycles. The number of carbonyl (C=O) groups excluding carboxylic acids is 1. The van der Waals surface area contributed by atoms with E-state index in [9.17, 15) is 9.59 Å². The minimum Gasteiger partial charge on any atom is -0.459 e. The van der Waals surface area contributed by atoms with Crippen molar-refractivity contribution < 1.29 is 14.3 Å². The Morgan fingerprint density at radius 3 is 2.53 bits per heavy atom. The summed E-state index contributed by atoms with van der Waals surface area (Å²) < 4.78 is 13.4. The summed E-state index contributed by atoms with van der Waals surface area (Å²) in [5.74, 6) is -0.0940. The zero-order chi connectivity index (χ0) is 21.3. The van der Waals surface area contributed by atoms with Crippen LogP contribution in [0.4, 0.5) is 5.69 Å². The summed E-state index contributed by atoms with van der Waals surface area (Å²) in [6, 6.07) is 15.2. The molecule has 6 heteroatoms. The molecule has 1 aliphatic heterocycles. The maximum absolute atomic E-state index is 13.4. The zero-order valence-corrected chi connectivity index (χ0v) is 17.3. The van der Waals surface area contributed by atoms with Crippen molar-refractivity contribution in [2.75, 3.05) is 11.9 Å². The molecular weight excluding hydrogens is 380 g/mol. The van der Waals surface area contributed by atoms with Crippen LogP contribution in [0.1, 0.15) is 29.8 Å². The molecule has 2 heterocycles. The summed E-state index contributed by atoms with van der Waals surface area (Å²) in [7, 11) is 0. The molecule has 1 N–H and O–H groups in total. The Labute approximate surface area is 174 Å². The van der Waals surface area contributed by atoms with Crippen LogP contribution in [0.15, 0.2) is 65.1 Å². The SMILES string of the molecule is CCOC1Oc2c(c(=O)n(CC)c3ccccc23)C(=O)/C1=C\Nc1ccc(C)cc1. The van der Waals surface area contributed by atoms with Gasteiger partial charge in [0.2, 0.25) is 12.1 Å². The van der Waals surface area contributed by atoms with Gasteiger partial charge in [0.15, 0.2) is 0 Å². The number of aromatic nitrogens is 1. The summed E-state index contributed by atoms with van der Waals surface area (Å²) in [5.41, 5.74) is 2.65. The average molecular weight is 404 g/mol. The van der Waals surface area contributed by atoms with Gasteiger partial charge in [0.05, 0.1) is 11.1 Å². The first-order valence-corrected chi connectivity index (χ1v) is 10.1. The van der Waals surface area contributed by atoms with E-state index >= 15 is 0 Å². The molecule has 1 atom stereocenters. The predicted molar refractivity (Wildman–Crippen MR) is 117 cm³/mol. The third kappa shape index (κ3) is 3.39. The molecule has 0 saturated carbocycles.